The van der Waals surface area contributed by atoms with Gasteiger partial charge in [-0.25, -0.2) is 0 Å². The highest BCUT2D eigenvalue weighted by Gasteiger charge is 1.89. The summed E-state index contributed by atoms with van der Waals surface area (Å²) in [6.45, 7) is 13.1. The molecule has 0 nitrogen and oxygen atoms in total. The summed E-state index contributed by atoms with van der Waals surface area (Å²) in [5.41, 5.74) is 4.77. The van der Waals surface area contributed by atoms with E-state index >= 15 is 0 Å². The van der Waals surface area contributed by atoms with Gasteiger partial charge in [0.05, 0.1) is 0 Å². The summed E-state index contributed by atoms with van der Waals surface area (Å²) in [5.74, 6) is 0. The van der Waals surface area contributed by atoms with E-state index in [1.165, 1.54) is 11.1 Å². The molecule has 0 heteroatoms. The second-order valence-electron chi connectivity index (χ2n) is 5.31. The van der Waals surface area contributed by atoms with E-state index in [0.29, 0.717) is 0 Å². The fourth-order valence-corrected chi connectivity index (χ4v) is 2.01. The largest absolute Gasteiger partial charge is 0.0985 e. The van der Waals surface area contributed by atoms with Crippen LogP contribution in [0.4, 0.5) is 0 Å². The van der Waals surface area contributed by atoms with E-state index in [1.54, 1.807) is 0 Å². The first kappa shape index (κ1) is 19.9. The molecular weight excluding hydrogens is 300 g/mol. The predicted molar refractivity (Wildman–Crippen MR) is 114 cm³/mol. The van der Waals surface area contributed by atoms with Crippen LogP contribution in [0.2, 0.25) is 0 Å². The topological polar surface area (TPSA) is 0 Å². The van der Waals surface area contributed by atoms with Gasteiger partial charge in [-0.05, 0) is 23.6 Å². The molecule has 0 amide bonds. The van der Waals surface area contributed by atoms with E-state index in [2.05, 4.69) is 38.8 Å². The smallest absolute Gasteiger partial charge is 0.0190 e. The number of rotatable bonds is 3. The summed E-state index contributed by atoms with van der Waals surface area (Å²) in [4.78, 5) is 0. The van der Waals surface area contributed by atoms with Crippen LogP contribution in [0.5, 0.6) is 0 Å². The van der Waals surface area contributed by atoms with Gasteiger partial charge < -0.3 is 0 Å². The van der Waals surface area contributed by atoms with Crippen LogP contribution in [0, 0.1) is 6.92 Å². The quantitative estimate of drug-likeness (QED) is 0.474. The van der Waals surface area contributed by atoms with Crippen molar-refractivity contribution in [2.45, 2.75) is 6.92 Å². The third kappa shape index (κ3) is 8.34. The second-order valence-corrected chi connectivity index (χ2v) is 5.31. The van der Waals surface area contributed by atoms with E-state index in [4.69, 9.17) is 0 Å². The maximum Gasteiger partial charge on any atom is -0.0190 e. The molecular formula is C25H26. The van der Waals surface area contributed by atoms with E-state index in [1.807, 2.05) is 91.0 Å². The van der Waals surface area contributed by atoms with Crippen molar-refractivity contribution < 1.29 is 0 Å². The van der Waals surface area contributed by atoms with Crippen LogP contribution < -0.4 is 0 Å². The highest BCUT2D eigenvalue weighted by Crippen LogP contribution is 2.10. The van der Waals surface area contributed by atoms with Crippen LogP contribution in [-0.4, -0.2) is 0 Å². The Morgan fingerprint density at radius 1 is 0.520 bits per heavy atom. The van der Waals surface area contributed by atoms with Crippen molar-refractivity contribution in [3.63, 3.8) is 0 Å². The van der Waals surface area contributed by atoms with Crippen molar-refractivity contribution in [3.05, 3.63) is 127 Å². The molecule has 3 aromatic rings. The Labute approximate surface area is 152 Å². The third-order valence-electron chi connectivity index (χ3n) is 3.41. The Morgan fingerprint density at radius 2 is 0.920 bits per heavy atom. The zero-order valence-electron chi connectivity index (χ0n) is 14.9. The SMILES string of the molecule is C=Cc1ccccc1.C=Cc1ccccc1C=C.Cc1ccccc1. The molecule has 0 radical (unpaired) electrons. The second kappa shape index (κ2) is 12.3. The lowest BCUT2D eigenvalue weighted by Crippen LogP contribution is -1.76. The standard InChI is InChI=1S/C10H10.C8H8.C7H8/c1-3-9-7-5-6-8-10(9)4-2;1-2-8-6-4-3-5-7-8;1-7-5-3-2-4-6-7/h3-8H,1-2H2;2-7H,1H2;2-6H,1H3. The molecule has 0 aliphatic carbocycles. The van der Waals surface area contributed by atoms with E-state index in [-0.39, 0.29) is 0 Å². The minimum atomic E-state index is 1.14. The Morgan fingerprint density at radius 3 is 1.20 bits per heavy atom. The molecule has 0 heterocycles. The normalized spacial score (nSPS) is 8.68. The van der Waals surface area contributed by atoms with Gasteiger partial charge in [0.15, 0.2) is 0 Å². The Hall–Kier alpha value is -3.12. The first-order chi connectivity index (χ1) is 12.2. The fraction of sp³-hybridized carbons (Fsp3) is 0.0400. The molecule has 0 atom stereocenters. The molecule has 3 aromatic carbocycles. The van der Waals surface area contributed by atoms with Gasteiger partial charge >= 0.3 is 0 Å². The fourth-order valence-electron chi connectivity index (χ4n) is 2.01. The van der Waals surface area contributed by atoms with Gasteiger partial charge in [0, 0.05) is 0 Å². The number of aryl methyl sites for hydroxylation is 1. The molecule has 0 unspecified atom stereocenters. The highest BCUT2D eigenvalue weighted by molar-refractivity contribution is 5.63. The minimum absolute atomic E-state index is 1.14. The first-order valence-corrected chi connectivity index (χ1v) is 8.24. The minimum Gasteiger partial charge on any atom is -0.0985 e. The summed E-state index contributed by atoms with van der Waals surface area (Å²) in [7, 11) is 0. The molecule has 3 rings (SSSR count). The van der Waals surface area contributed by atoms with Crippen molar-refractivity contribution in [1.29, 1.82) is 0 Å². The molecule has 0 spiro atoms. The van der Waals surface area contributed by atoms with Crippen molar-refractivity contribution in [2.75, 3.05) is 0 Å². The molecule has 126 valence electrons. The Balaban J connectivity index is 0.000000191. The van der Waals surface area contributed by atoms with E-state index < -0.39 is 0 Å². The zero-order chi connectivity index (χ0) is 18.3. The number of hydrogen-bond acceptors (Lipinski definition) is 0. The number of benzene rings is 3. The maximum absolute atomic E-state index is 3.69. The summed E-state index contributed by atoms with van der Waals surface area (Å²) >= 11 is 0. The molecule has 0 bridgehead atoms. The lowest BCUT2D eigenvalue weighted by molar-refractivity contribution is 1.48. The van der Waals surface area contributed by atoms with Crippen molar-refractivity contribution >= 4 is 18.2 Å². The van der Waals surface area contributed by atoms with E-state index in [9.17, 15) is 0 Å². The molecule has 25 heavy (non-hydrogen) atoms. The first-order valence-electron chi connectivity index (χ1n) is 8.24. The average Bonchev–Trinajstić information content (AvgIpc) is 2.70. The van der Waals surface area contributed by atoms with Crippen LogP contribution in [-0.2, 0) is 0 Å². The predicted octanol–water partition coefficient (Wildman–Crippen LogP) is 7.30. The van der Waals surface area contributed by atoms with Gasteiger partial charge in [0.2, 0.25) is 0 Å². The third-order valence-corrected chi connectivity index (χ3v) is 3.41. The molecule has 0 aliphatic rings. The lowest BCUT2D eigenvalue weighted by atomic mass is 10.1. The molecule has 0 saturated heterocycles. The van der Waals surface area contributed by atoms with Gasteiger partial charge in [-0.15, -0.1) is 0 Å². The highest BCUT2D eigenvalue weighted by atomic mass is 13.9. The Bertz CT molecular complexity index is 725. The molecule has 0 aliphatic heterocycles. The van der Waals surface area contributed by atoms with Crippen LogP contribution in [0.25, 0.3) is 18.2 Å². The number of hydrogen-bond donors (Lipinski definition) is 0. The summed E-state index contributed by atoms with van der Waals surface area (Å²) in [5, 5.41) is 0. The van der Waals surface area contributed by atoms with Crippen molar-refractivity contribution in [2.24, 2.45) is 0 Å². The van der Waals surface area contributed by atoms with Crippen molar-refractivity contribution in [3.8, 4) is 0 Å². The van der Waals surface area contributed by atoms with E-state index in [0.717, 1.165) is 11.1 Å². The lowest BCUT2D eigenvalue weighted by Gasteiger charge is -1.96. The van der Waals surface area contributed by atoms with Gasteiger partial charge in [-0.2, -0.15) is 0 Å². The van der Waals surface area contributed by atoms with Crippen LogP contribution in [0.1, 0.15) is 22.3 Å². The van der Waals surface area contributed by atoms with Gasteiger partial charge in [-0.1, -0.05) is 128 Å². The maximum atomic E-state index is 3.69. The monoisotopic (exact) mass is 326 g/mol. The van der Waals surface area contributed by atoms with Gasteiger partial charge in [0.25, 0.3) is 0 Å². The summed E-state index contributed by atoms with van der Waals surface area (Å²) in [6.07, 6.45) is 5.49. The molecule has 0 fully saturated rings. The zero-order valence-corrected chi connectivity index (χ0v) is 14.9. The van der Waals surface area contributed by atoms with Crippen molar-refractivity contribution in [1.82, 2.24) is 0 Å². The van der Waals surface area contributed by atoms with Gasteiger partial charge in [-0.3, -0.25) is 0 Å². The molecule has 0 aromatic heterocycles. The molecule has 0 N–H and O–H groups in total. The van der Waals surface area contributed by atoms with Crippen LogP contribution in [0.15, 0.2) is 105 Å². The Kier molecular flexibility index (Phi) is 9.82. The van der Waals surface area contributed by atoms with Crippen LogP contribution >= 0.6 is 0 Å². The molecule has 0 saturated carbocycles. The summed E-state index contributed by atoms with van der Waals surface area (Å²) in [6, 6.07) is 28.3. The van der Waals surface area contributed by atoms with Crippen LogP contribution in [0.3, 0.4) is 0 Å². The average molecular weight is 326 g/mol. The van der Waals surface area contributed by atoms with Gasteiger partial charge in [0.1, 0.15) is 0 Å². The summed E-state index contributed by atoms with van der Waals surface area (Å²) < 4.78 is 0.